The van der Waals surface area contributed by atoms with Crippen molar-refractivity contribution in [3.05, 3.63) is 17.6 Å². The standard InChI is InChI=1S/C7H9N7O/c1-14-12-6(10-13-14)2-5(15)4-3-9-11-7(4)8/h3H,2H2,1H3,(H3,8,9,11). The number of nitrogens with one attached hydrogen (secondary N) is 1. The Bertz CT molecular complexity index is 485. The number of nitrogens with zero attached hydrogens (tertiary/aromatic N) is 5. The number of aromatic nitrogens is 6. The Morgan fingerprint density at radius 1 is 1.67 bits per heavy atom. The van der Waals surface area contributed by atoms with Gasteiger partial charge in [0.15, 0.2) is 11.6 Å². The summed E-state index contributed by atoms with van der Waals surface area (Å²) < 4.78 is 0. The normalized spacial score (nSPS) is 10.5. The smallest absolute Gasteiger partial charge is 0.182 e. The third-order valence-electron chi connectivity index (χ3n) is 1.84. The number of aryl methyl sites for hydroxylation is 1. The summed E-state index contributed by atoms with van der Waals surface area (Å²) in [5.41, 5.74) is 5.85. The molecule has 2 heterocycles. The van der Waals surface area contributed by atoms with Gasteiger partial charge < -0.3 is 5.73 Å². The SMILES string of the molecule is Cn1nnc(CC(=O)c2cn[nH]c2N)n1. The van der Waals surface area contributed by atoms with Crippen LogP contribution in [0.15, 0.2) is 6.20 Å². The monoisotopic (exact) mass is 207 g/mol. The van der Waals surface area contributed by atoms with E-state index in [1.165, 1.54) is 11.0 Å². The second kappa shape index (κ2) is 3.48. The molecule has 0 aliphatic heterocycles. The van der Waals surface area contributed by atoms with Crippen LogP contribution in [0.4, 0.5) is 5.82 Å². The summed E-state index contributed by atoms with van der Waals surface area (Å²) in [5, 5.41) is 17.4. The van der Waals surface area contributed by atoms with Gasteiger partial charge in [0.2, 0.25) is 0 Å². The zero-order valence-electron chi connectivity index (χ0n) is 8.01. The molecule has 0 radical (unpaired) electrons. The van der Waals surface area contributed by atoms with Crippen molar-refractivity contribution in [3.8, 4) is 0 Å². The molecule has 8 heteroatoms. The molecule has 0 aliphatic carbocycles. The second-order valence-corrected chi connectivity index (χ2v) is 2.99. The lowest BCUT2D eigenvalue weighted by molar-refractivity contribution is 0.0991. The zero-order valence-corrected chi connectivity index (χ0v) is 8.01. The number of aromatic amines is 1. The van der Waals surface area contributed by atoms with Gasteiger partial charge in [-0.05, 0) is 5.21 Å². The highest BCUT2D eigenvalue weighted by atomic mass is 16.1. The van der Waals surface area contributed by atoms with Crippen molar-refractivity contribution in [3.63, 3.8) is 0 Å². The van der Waals surface area contributed by atoms with Gasteiger partial charge in [-0.2, -0.15) is 9.90 Å². The molecule has 0 saturated heterocycles. The number of ketones is 1. The number of H-pyrrole nitrogens is 1. The minimum absolute atomic E-state index is 0.0670. The molecule has 2 aromatic heterocycles. The van der Waals surface area contributed by atoms with E-state index in [1.54, 1.807) is 7.05 Å². The number of nitrogen functional groups attached to an aromatic ring is 1. The molecule has 0 aliphatic rings. The molecule has 0 amide bonds. The van der Waals surface area contributed by atoms with Crippen molar-refractivity contribution in [2.24, 2.45) is 7.05 Å². The van der Waals surface area contributed by atoms with Gasteiger partial charge in [0.05, 0.1) is 25.2 Å². The molecule has 3 N–H and O–H groups in total. The lowest BCUT2D eigenvalue weighted by Crippen LogP contribution is -2.07. The van der Waals surface area contributed by atoms with E-state index in [4.69, 9.17) is 5.73 Å². The van der Waals surface area contributed by atoms with Gasteiger partial charge in [0.25, 0.3) is 0 Å². The Labute approximate surface area is 84.5 Å². The van der Waals surface area contributed by atoms with E-state index in [-0.39, 0.29) is 18.0 Å². The molecule has 0 aromatic carbocycles. The van der Waals surface area contributed by atoms with Gasteiger partial charge in [-0.25, -0.2) is 0 Å². The summed E-state index contributed by atoms with van der Waals surface area (Å²) in [6.45, 7) is 0. The minimum Gasteiger partial charge on any atom is -0.383 e. The fourth-order valence-corrected chi connectivity index (χ4v) is 1.15. The highest BCUT2D eigenvalue weighted by Gasteiger charge is 2.14. The first kappa shape index (κ1) is 9.31. The molecule has 15 heavy (non-hydrogen) atoms. The molecule has 0 unspecified atom stereocenters. The number of carbonyl (C=O) groups is 1. The quantitative estimate of drug-likeness (QED) is 0.620. The van der Waals surface area contributed by atoms with Gasteiger partial charge >= 0.3 is 0 Å². The van der Waals surface area contributed by atoms with Crippen LogP contribution in [0.2, 0.25) is 0 Å². The first-order valence-corrected chi connectivity index (χ1v) is 4.21. The van der Waals surface area contributed by atoms with E-state index >= 15 is 0 Å². The van der Waals surface area contributed by atoms with Gasteiger partial charge in [-0.15, -0.1) is 10.2 Å². The van der Waals surface area contributed by atoms with E-state index < -0.39 is 0 Å². The number of tetrazole rings is 1. The molecular formula is C7H9N7O. The zero-order chi connectivity index (χ0) is 10.8. The van der Waals surface area contributed by atoms with E-state index in [2.05, 4.69) is 25.6 Å². The van der Waals surface area contributed by atoms with Gasteiger partial charge in [-0.3, -0.25) is 9.89 Å². The number of hydrogen-bond acceptors (Lipinski definition) is 6. The van der Waals surface area contributed by atoms with Crippen LogP contribution in [0.5, 0.6) is 0 Å². The number of Topliss-reactive ketones (excluding diaryl/α,β-unsaturated/α-hetero) is 1. The fourth-order valence-electron chi connectivity index (χ4n) is 1.15. The molecular weight excluding hydrogens is 198 g/mol. The average Bonchev–Trinajstić information content (AvgIpc) is 2.75. The third kappa shape index (κ3) is 1.82. The Morgan fingerprint density at radius 2 is 2.47 bits per heavy atom. The average molecular weight is 207 g/mol. The van der Waals surface area contributed by atoms with Crippen LogP contribution in [-0.4, -0.2) is 36.2 Å². The lowest BCUT2D eigenvalue weighted by Gasteiger charge is -1.93. The molecule has 2 aromatic rings. The maximum absolute atomic E-state index is 11.6. The van der Waals surface area contributed by atoms with Crippen molar-refractivity contribution < 1.29 is 4.79 Å². The van der Waals surface area contributed by atoms with Gasteiger partial charge in [-0.1, -0.05) is 0 Å². The topological polar surface area (TPSA) is 115 Å². The largest absolute Gasteiger partial charge is 0.383 e. The first-order chi connectivity index (χ1) is 7.16. The van der Waals surface area contributed by atoms with Crippen molar-refractivity contribution in [2.75, 3.05) is 5.73 Å². The Balaban J connectivity index is 2.14. The maximum Gasteiger partial charge on any atom is 0.182 e. The predicted molar refractivity (Wildman–Crippen MR) is 49.8 cm³/mol. The van der Waals surface area contributed by atoms with Crippen LogP contribution in [0, 0.1) is 0 Å². The molecule has 78 valence electrons. The van der Waals surface area contributed by atoms with Gasteiger partial charge in [0.1, 0.15) is 5.82 Å². The summed E-state index contributed by atoms with van der Waals surface area (Å²) in [7, 11) is 1.63. The molecule has 2 rings (SSSR count). The van der Waals surface area contributed by atoms with E-state index in [0.717, 1.165) is 0 Å². The summed E-state index contributed by atoms with van der Waals surface area (Å²) in [4.78, 5) is 12.9. The number of carbonyl (C=O) groups excluding carboxylic acids is 1. The van der Waals surface area contributed by atoms with Crippen LogP contribution in [0.1, 0.15) is 16.2 Å². The molecule has 8 nitrogen and oxygen atoms in total. The summed E-state index contributed by atoms with van der Waals surface area (Å²) >= 11 is 0. The highest BCUT2D eigenvalue weighted by Crippen LogP contribution is 2.08. The second-order valence-electron chi connectivity index (χ2n) is 2.99. The van der Waals surface area contributed by atoms with Crippen LogP contribution in [0.3, 0.4) is 0 Å². The van der Waals surface area contributed by atoms with Crippen molar-refractivity contribution >= 4 is 11.6 Å². The van der Waals surface area contributed by atoms with Gasteiger partial charge in [0, 0.05) is 0 Å². The van der Waals surface area contributed by atoms with E-state index in [1.807, 2.05) is 0 Å². The molecule has 0 spiro atoms. The maximum atomic E-state index is 11.6. The molecule has 0 saturated carbocycles. The summed E-state index contributed by atoms with van der Waals surface area (Å²) in [6, 6.07) is 0. The van der Waals surface area contributed by atoms with Crippen molar-refractivity contribution in [2.45, 2.75) is 6.42 Å². The minimum atomic E-state index is -0.186. The summed E-state index contributed by atoms with van der Waals surface area (Å²) in [5.74, 6) is 0.432. The number of hydrogen-bond donors (Lipinski definition) is 2. The van der Waals surface area contributed by atoms with Crippen LogP contribution < -0.4 is 5.73 Å². The fraction of sp³-hybridized carbons (Fsp3) is 0.286. The van der Waals surface area contributed by atoms with Crippen molar-refractivity contribution in [1.29, 1.82) is 0 Å². The third-order valence-corrected chi connectivity index (χ3v) is 1.84. The molecule has 0 bridgehead atoms. The molecule has 0 fully saturated rings. The van der Waals surface area contributed by atoms with Crippen LogP contribution >= 0.6 is 0 Å². The van der Waals surface area contributed by atoms with Crippen LogP contribution in [-0.2, 0) is 13.5 Å². The Morgan fingerprint density at radius 3 is 3.00 bits per heavy atom. The van der Waals surface area contributed by atoms with E-state index in [9.17, 15) is 4.79 Å². The van der Waals surface area contributed by atoms with Crippen LogP contribution in [0.25, 0.3) is 0 Å². The Hall–Kier alpha value is -2.25. The number of nitrogens with two attached hydrogens (primary N) is 1. The number of anilines is 1. The summed E-state index contributed by atoms with van der Waals surface area (Å²) in [6.07, 6.45) is 1.45. The first-order valence-electron chi connectivity index (χ1n) is 4.21. The number of rotatable bonds is 3. The van der Waals surface area contributed by atoms with Crippen molar-refractivity contribution in [1.82, 2.24) is 30.4 Å². The highest BCUT2D eigenvalue weighted by molar-refractivity contribution is 6.00. The Kier molecular flexibility index (Phi) is 2.16. The van der Waals surface area contributed by atoms with E-state index in [0.29, 0.717) is 11.4 Å². The predicted octanol–water partition coefficient (Wildman–Crippen LogP) is -1.06. The molecule has 0 atom stereocenters. The lowest BCUT2D eigenvalue weighted by atomic mass is 10.1.